The minimum Gasteiger partial charge on any atom is -0.493 e. The minimum absolute atomic E-state index is 0.332. The molecule has 2 aliphatic heterocycles. The molecule has 1 unspecified atom stereocenters. The molecule has 0 aliphatic carbocycles. The maximum atomic E-state index is 6.00. The van der Waals surface area contributed by atoms with Crippen LogP contribution in [0, 0.1) is 13.8 Å². The number of para-hydroxylation sites is 4. The first-order chi connectivity index (χ1) is 20.6. The number of aliphatic imine (C=N–C) groups is 2. The highest BCUT2D eigenvalue weighted by atomic mass is 16.5. The van der Waals surface area contributed by atoms with Gasteiger partial charge in [0.05, 0.1) is 43.0 Å². The average Bonchev–Trinajstić information content (AvgIpc) is 3.37. The maximum absolute atomic E-state index is 6.00. The number of anilines is 2. The zero-order valence-corrected chi connectivity index (χ0v) is 23.9. The van der Waals surface area contributed by atoms with E-state index in [-0.39, 0.29) is 6.04 Å². The number of fused-ring (bicyclic) bond motifs is 4. The van der Waals surface area contributed by atoms with Gasteiger partial charge in [0.2, 0.25) is 0 Å². The van der Waals surface area contributed by atoms with Gasteiger partial charge in [-0.05, 0) is 56.3 Å². The van der Waals surface area contributed by atoms with Crippen molar-refractivity contribution in [1.82, 2.24) is 9.78 Å². The third-order valence-electron chi connectivity index (χ3n) is 7.68. The van der Waals surface area contributed by atoms with Gasteiger partial charge >= 0.3 is 0 Å². The van der Waals surface area contributed by atoms with Gasteiger partial charge in [-0.3, -0.25) is 0 Å². The van der Waals surface area contributed by atoms with Crippen molar-refractivity contribution in [2.45, 2.75) is 19.9 Å². The minimum atomic E-state index is -0.332. The van der Waals surface area contributed by atoms with Crippen molar-refractivity contribution in [3.05, 3.63) is 119 Å². The summed E-state index contributed by atoms with van der Waals surface area (Å²) in [5.41, 5.74) is 7.62. The zero-order chi connectivity index (χ0) is 28.8. The number of nitrogens with one attached hydrogen (secondary N) is 1. The molecule has 7 rings (SSSR count). The second kappa shape index (κ2) is 10.2. The highest BCUT2D eigenvalue weighted by Crippen LogP contribution is 2.51. The summed E-state index contributed by atoms with van der Waals surface area (Å²) < 4.78 is 13.7. The molecule has 0 amide bonds. The molecule has 42 heavy (non-hydrogen) atoms. The second-order valence-corrected chi connectivity index (χ2v) is 10.3. The molecular weight excluding hydrogens is 524 g/mol. The summed E-state index contributed by atoms with van der Waals surface area (Å²) in [6.45, 7) is 4.11. The zero-order valence-electron chi connectivity index (χ0n) is 23.9. The van der Waals surface area contributed by atoms with Gasteiger partial charge in [-0.1, -0.05) is 60.2 Å². The summed E-state index contributed by atoms with van der Waals surface area (Å²) in [6.07, 6.45) is 0. The van der Waals surface area contributed by atoms with E-state index in [1.165, 1.54) is 5.56 Å². The number of nitrogens with zero attached hydrogens (tertiary/aromatic N) is 5. The summed E-state index contributed by atoms with van der Waals surface area (Å²) in [5, 5.41) is 8.58. The number of hydrogen-bond donors (Lipinski definition) is 1. The van der Waals surface area contributed by atoms with Crippen LogP contribution in [0.15, 0.2) is 107 Å². The Bertz CT molecular complexity index is 1860. The molecule has 2 aliphatic rings. The van der Waals surface area contributed by atoms with Crippen LogP contribution in [-0.2, 0) is 0 Å². The van der Waals surface area contributed by atoms with Gasteiger partial charge in [-0.2, -0.15) is 5.10 Å². The van der Waals surface area contributed by atoms with Crippen LogP contribution >= 0.6 is 0 Å². The number of rotatable bonds is 5. The fraction of sp³-hybridized carbons (Fsp3) is 0.147. The second-order valence-electron chi connectivity index (χ2n) is 10.3. The van der Waals surface area contributed by atoms with Crippen LogP contribution in [-0.4, -0.2) is 35.7 Å². The van der Waals surface area contributed by atoms with Crippen LogP contribution in [0.2, 0.25) is 0 Å². The SMILES string of the molecule is COc1cccc(C2c3c(C)nn(-c4ccccc4)c3N=C3C(Nc4ccc(C)cc4)=Nc4ccccc4N32)c1OC. The van der Waals surface area contributed by atoms with Crippen LogP contribution in [0.3, 0.4) is 0 Å². The molecule has 8 heteroatoms. The molecule has 5 aromatic rings. The van der Waals surface area contributed by atoms with Crippen LogP contribution in [0.5, 0.6) is 11.5 Å². The highest BCUT2D eigenvalue weighted by Gasteiger charge is 2.42. The van der Waals surface area contributed by atoms with E-state index in [4.69, 9.17) is 24.6 Å². The van der Waals surface area contributed by atoms with E-state index in [0.29, 0.717) is 23.2 Å². The van der Waals surface area contributed by atoms with Gasteiger partial charge in [0.25, 0.3) is 0 Å². The lowest BCUT2D eigenvalue weighted by molar-refractivity contribution is 0.350. The molecule has 1 atom stereocenters. The Hall–Kier alpha value is -5.37. The Morgan fingerprint density at radius 3 is 2.29 bits per heavy atom. The number of aryl methyl sites for hydroxylation is 2. The Morgan fingerprint density at radius 1 is 0.762 bits per heavy atom. The summed E-state index contributed by atoms with van der Waals surface area (Å²) in [7, 11) is 3.34. The third-order valence-corrected chi connectivity index (χ3v) is 7.68. The summed E-state index contributed by atoms with van der Waals surface area (Å²) in [4.78, 5) is 12.6. The molecule has 1 N–H and O–H groups in total. The summed E-state index contributed by atoms with van der Waals surface area (Å²) >= 11 is 0. The monoisotopic (exact) mass is 554 g/mol. The predicted molar refractivity (Wildman–Crippen MR) is 168 cm³/mol. The predicted octanol–water partition coefficient (Wildman–Crippen LogP) is 7.30. The largest absolute Gasteiger partial charge is 0.493 e. The molecule has 0 radical (unpaired) electrons. The Morgan fingerprint density at radius 2 is 1.52 bits per heavy atom. The topological polar surface area (TPSA) is 76.3 Å². The van der Waals surface area contributed by atoms with E-state index in [9.17, 15) is 0 Å². The smallest absolute Gasteiger partial charge is 0.179 e. The number of benzene rings is 4. The Balaban J connectivity index is 1.52. The lowest BCUT2D eigenvalue weighted by atomic mass is 9.92. The maximum Gasteiger partial charge on any atom is 0.179 e. The number of aromatic nitrogens is 2. The molecule has 0 bridgehead atoms. The Labute approximate surface area is 244 Å². The molecule has 8 nitrogen and oxygen atoms in total. The molecule has 0 saturated heterocycles. The molecular formula is C34H30N6O2. The van der Waals surface area contributed by atoms with E-state index in [0.717, 1.165) is 45.4 Å². The lowest BCUT2D eigenvalue weighted by Crippen LogP contribution is -2.46. The first-order valence-electron chi connectivity index (χ1n) is 13.8. The van der Waals surface area contributed by atoms with E-state index >= 15 is 0 Å². The van der Waals surface area contributed by atoms with Gasteiger partial charge in [0.15, 0.2) is 29.0 Å². The van der Waals surface area contributed by atoms with Gasteiger partial charge in [0, 0.05) is 16.8 Å². The van der Waals surface area contributed by atoms with Gasteiger partial charge in [-0.25, -0.2) is 14.7 Å². The van der Waals surface area contributed by atoms with Crippen LogP contribution in [0.4, 0.5) is 22.9 Å². The van der Waals surface area contributed by atoms with Crippen molar-refractivity contribution >= 4 is 34.6 Å². The number of amidine groups is 2. The van der Waals surface area contributed by atoms with Gasteiger partial charge < -0.3 is 19.7 Å². The molecule has 0 spiro atoms. The van der Waals surface area contributed by atoms with Crippen molar-refractivity contribution in [3.8, 4) is 17.2 Å². The normalized spacial score (nSPS) is 15.1. The van der Waals surface area contributed by atoms with Crippen LogP contribution in [0.1, 0.15) is 28.4 Å². The number of hydrogen-bond acceptors (Lipinski definition) is 7. The first kappa shape index (κ1) is 25.6. The molecule has 0 fully saturated rings. The van der Waals surface area contributed by atoms with E-state index in [1.54, 1.807) is 14.2 Å². The average molecular weight is 555 g/mol. The molecule has 4 aromatic carbocycles. The summed E-state index contributed by atoms with van der Waals surface area (Å²) in [5.74, 6) is 3.41. The van der Waals surface area contributed by atoms with E-state index in [1.807, 2.05) is 72.3 Å². The van der Waals surface area contributed by atoms with Gasteiger partial charge in [-0.15, -0.1) is 0 Å². The highest BCUT2D eigenvalue weighted by molar-refractivity contribution is 6.51. The molecule has 3 heterocycles. The van der Waals surface area contributed by atoms with Crippen molar-refractivity contribution < 1.29 is 9.47 Å². The Kier molecular flexibility index (Phi) is 6.23. The standard InChI is InChI=1S/C34H30N6O2/c1-21-17-19-23(20-18-21)35-32-34-37-33-29(22(2)38-40(33)24-11-6-5-7-12-24)30(25-13-10-16-28(41-3)31(25)42-4)39(34)27-15-9-8-14-26(27)36-32/h5-20,30H,1-4H3,(H,35,36). The molecule has 1 aromatic heterocycles. The van der Waals surface area contributed by atoms with Crippen molar-refractivity contribution in [2.75, 3.05) is 24.4 Å². The van der Waals surface area contributed by atoms with E-state index in [2.05, 4.69) is 53.5 Å². The number of methoxy groups -OCH3 is 2. The van der Waals surface area contributed by atoms with E-state index < -0.39 is 0 Å². The first-order valence-corrected chi connectivity index (χ1v) is 13.8. The fourth-order valence-corrected chi connectivity index (χ4v) is 5.74. The molecule has 0 saturated carbocycles. The van der Waals surface area contributed by atoms with Crippen molar-refractivity contribution in [1.29, 1.82) is 0 Å². The lowest BCUT2D eigenvalue weighted by Gasteiger charge is -2.41. The van der Waals surface area contributed by atoms with Crippen LogP contribution < -0.4 is 19.7 Å². The quantitative estimate of drug-likeness (QED) is 0.247. The molecule has 208 valence electrons. The third kappa shape index (κ3) is 4.11. The number of ether oxygens (including phenoxy) is 2. The summed E-state index contributed by atoms with van der Waals surface area (Å²) in [6, 6.07) is 32.2. The van der Waals surface area contributed by atoms with Crippen molar-refractivity contribution in [2.24, 2.45) is 9.98 Å². The fourth-order valence-electron chi connectivity index (χ4n) is 5.74. The van der Waals surface area contributed by atoms with Gasteiger partial charge in [0.1, 0.15) is 0 Å². The van der Waals surface area contributed by atoms with Crippen LogP contribution in [0.25, 0.3) is 5.69 Å². The van der Waals surface area contributed by atoms with Crippen molar-refractivity contribution in [3.63, 3.8) is 0 Å².